The van der Waals surface area contributed by atoms with E-state index < -0.39 is 0 Å². The molecule has 212 valence electrons. The Morgan fingerprint density at radius 3 is 2.26 bits per heavy atom. The molecular formula is C32H44ClN2O3S+. The van der Waals surface area contributed by atoms with Gasteiger partial charge in [-0.3, -0.25) is 4.79 Å². The zero-order valence-electron chi connectivity index (χ0n) is 23.3. The number of aromatic nitrogens is 1. The lowest BCUT2D eigenvalue weighted by atomic mass is 10.1. The Morgan fingerprint density at radius 2 is 1.59 bits per heavy atom. The highest BCUT2D eigenvalue weighted by Gasteiger charge is 2.12. The fraction of sp³-hybridized carbons (Fsp3) is 0.500. The van der Waals surface area contributed by atoms with Crippen molar-refractivity contribution in [3.8, 4) is 11.5 Å². The quantitative estimate of drug-likeness (QED) is 0.109. The summed E-state index contributed by atoms with van der Waals surface area (Å²) in [7, 11) is 0. The van der Waals surface area contributed by atoms with Gasteiger partial charge < -0.3 is 14.8 Å². The molecule has 0 aliphatic carbocycles. The third-order valence-corrected chi connectivity index (χ3v) is 7.67. The van der Waals surface area contributed by atoms with Crippen LogP contribution in [0.15, 0.2) is 59.6 Å². The Labute approximate surface area is 243 Å². The van der Waals surface area contributed by atoms with Crippen molar-refractivity contribution >= 4 is 34.5 Å². The molecule has 0 aliphatic rings. The summed E-state index contributed by atoms with van der Waals surface area (Å²) < 4.78 is 13.6. The largest absolute Gasteiger partial charge is 0.492 e. The molecule has 1 amide bonds. The number of para-hydroxylation sites is 1. The number of thiazole rings is 1. The maximum absolute atomic E-state index is 12.5. The zero-order chi connectivity index (χ0) is 27.5. The SMILES string of the molecule is CCCCCCCCCCCCCCOc1ccc(OCC(=O)Nc2ccccc2C[n+]2ccsc2)cc1Cl. The highest BCUT2D eigenvalue weighted by atomic mass is 35.5. The van der Waals surface area contributed by atoms with Crippen LogP contribution in [0.4, 0.5) is 5.69 Å². The second-order valence-corrected chi connectivity index (χ2v) is 11.2. The first-order chi connectivity index (χ1) is 19.2. The first-order valence-electron chi connectivity index (χ1n) is 14.5. The number of hydrogen-bond acceptors (Lipinski definition) is 4. The van der Waals surface area contributed by atoms with Crippen LogP contribution >= 0.6 is 22.9 Å². The zero-order valence-corrected chi connectivity index (χ0v) is 24.9. The lowest BCUT2D eigenvalue weighted by molar-refractivity contribution is -0.683. The molecule has 0 fully saturated rings. The number of nitrogens with one attached hydrogen (secondary N) is 1. The van der Waals surface area contributed by atoms with Gasteiger partial charge in [0.05, 0.1) is 22.7 Å². The summed E-state index contributed by atoms with van der Waals surface area (Å²) in [4.78, 5) is 12.5. The van der Waals surface area contributed by atoms with Gasteiger partial charge in [-0.2, -0.15) is 4.57 Å². The molecule has 7 heteroatoms. The minimum atomic E-state index is -0.221. The fourth-order valence-electron chi connectivity index (χ4n) is 4.48. The molecule has 3 rings (SSSR count). The molecule has 0 spiro atoms. The molecule has 0 unspecified atom stereocenters. The first-order valence-corrected chi connectivity index (χ1v) is 15.8. The van der Waals surface area contributed by atoms with Crippen LogP contribution in [-0.4, -0.2) is 19.1 Å². The number of carbonyl (C=O) groups is 1. The molecule has 2 aromatic carbocycles. The average molecular weight is 572 g/mol. The average Bonchev–Trinajstić information content (AvgIpc) is 3.45. The van der Waals surface area contributed by atoms with Gasteiger partial charge in [0.2, 0.25) is 5.51 Å². The van der Waals surface area contributed by atoms with Crippen LogP contribution in [0.25, 0.3) is 0 Å². The van der Waals surface area contributed by atoms with Crippen molar-refractivity contribution in [2.75, 3.05) is 18.5 Å². The Morgan fingerprint density at radius 1 is 0.897 bits per heavy atom. The lowest BCUT2D eigenvalue weighted by Gasteiger charge is -2.12. The van der Waals surface area contributed by atoms with Crippen molar-refractivity contribution in [2.24, 2.45) is 0 Å². The predicted molar refractivity (Wildman–Crippen MR) is 162 cm³/mol. The molecule has 0 saturated carbocycles. The minimum absolute atomic E-state index is 0.102. The van der Waals surface area contributed by atoms with E-state index in [-0.39, 0.29) is 12.5 Å². The van der Waals surface area contributed by atoms with Crippen LogP contribution < -0.4 is 19.4 Å². The van der Waals surface area contributed by atoms with Crippen LogP contribution in [0.3, 0.4) is 0 Å². The molecule has 3 aromatic rings. The molecule has 0 aliphatic heterocycles. The molecule has 0 radical (unpaired) electrons. The van der Waals surface area contributed by atoms with Crippen molar-refractivity contribution in [1.29, 1.82) is 0 Å². The molecule has 1 aromatic heterocycles. The minimum Gasteiger partial charge on any atom is -0.492 e. The Balaban J connectivity index is 1.28. The van der Waals surface area contributed by atoms with E-state index in [2.05, 4.69) is 16.8 Å². The summed E-state index contributed by atoms with van der Waals surface area (Å²) in [5.41, 5.74) is 3.86. The standard InChI is InChI=1S/C32H43ClN2O3S/c1-2-3-4-5-6-7-8-9-10-11-12-15-21-37-31-19-18-28(23-29(31)33)38-25-32(36)34-30-17-14-13-16-27(30)24-35-20-22-39-26-35/h13-14,16-20,22-23,26H,2-12,15,21,24-25H2,1H3/p+1. The molecule has 1 heterocycles. The summed E-state index contributed by atoms with van der Waals surface area (Å²) in [6.07, 6.45) is 17.8. The molecule has 1 N–H and O–H groups in total. The number of rotatable bonds is 20. The van der Waals surface area contributed by atoms with Gasteiger partial charge in [0, 0.05) is 11.6 Å². The molecule has 39 heavy (non-hydrogen) atoms. The smallest absolute Gasteiger partial charge is 0.262 e. The van der Waals surface area contributed by atoms with E-state index in [0.717, 1.165) is 17.7 Å². The van der Waals surface area contributed by atoms with Crippen LogP contribution in [0.5, 0.6) is 11.5 Å². The fourth-order valence-corrected chi connectivity index (χ4v) is 5.30. The second kappa shape index (κ2) is 18.7. The number of amides is 1. The van der Waals surface area contributed by atoms with E-state index in [1.807, 2.05) is 47.4 Å². The third kappa shape index (κ3) is 12.4. The number of nitrogens with zero attached hydrogens (tertiary/aromatic N) is 1. The third-order valence-electron chi connectivity index (χ3n) is 6.70. The van der Waals surface area contributed by atoms with E-state index >= 15 is 0 Å². The van der Waals surface area contributed by atoms with Crippen molar-refractivity contribution < 1.29 is 18.8 Å². The van der Waals surface area contributed by atoms with E-state index in [0.29, 0.717) is 29.7 Å². The van der Waals surface area contributed by atoms with Crippen molar-refractivity contribution in [3.63, 3.8) is 0 Å². The van der Waals surface area contributed by atoms with Gasteiger partial charge in [0.25, 0.3) is 5.91 Å². The number of ether oxygens (including phenoxy) is 2. The van der Waals surface area contributed by atoms with E-state index in [4.69, 9.17) is 21.1 Å². The number of anilines is 1. The van der Waals surface area contributed by atoms with E-state index in [9.17, 15) is 4.79 Å². The Kier molecular flexibility index (Phi) is 14.8. The van der Waals surface area contributed by atoms with Crippen LogP contribution in [0.2, 0.25) is 5.02 Å². The Hall–Kier alpha value is -2.57. The van der Waals surface area contributed by atoms with Gasteiger partial charge in [-0.05, 0) is 24.6 Å². The van der Waals surface area contributed by atoms with Crippen molar-refractivity contribution in [2.45, 2.75) is 90.5 Å². The maximum atomic E-state index is 12.5. The summed E-state index contributed by atoms with van der Waals surface area (Å²) in [6, 6.07) is 13.1. The first kappa shape index (κ1) is 31.0. The monoisotopic (exact) mass is 571 g/mol. The predicted octanol–water partition coefficient (Wildman–Crippen LogP) is 8.83. The number of unbranched alkanes of at least 4 members (excludes halogenated alkanes) is 11. The van der Waals surface area contributed by atoms with Gasteiger partial charge in [0.15, 0.2) is 19.3 Å². The molecule has 5 nitrogen and oxygen atoms in total. The van der Waals surface area contributed by atoms with Crippen LogP contribution in [-0.2, 0) is 11.3 Å². The summed E-state index contributed by atoms with van der Waals surface area (Å²) in [5.74, 6) is 0.965. The number of hydrogen-bond donors (Lipinski definition) is 1. The highest BCUT2D eigenvalue weighted by molar-refractivity contribution is 7.07. The number of halogens is 1. The second-order valence-electron chi connectivity index (χ2n) is 10.0. The normalized spacial score (nSPS) is 10.9. The van der Waals surface area contributed by atoms with Crippen molar-refractivity contribution in [1.82, 2.24) is 0 Å². The number of carbonyl (C=O) groups excluding carboxylic acids is 1. The topological polar surface area (TPSA) is 51.4 Å². The van der Waals surface area contributed by atoms with Crippen LogP contribution in [0, 0.1) is 0 Å². The van der Waals surface area contributed by atoms with Gasteiger partial charge in [-0.15, -0.1) is 0 Å². The van der Waals surface area contributed by atoms with E-state index in [1.54, 1.807) is 23.5 Å². The van der Waals surface area contributed by atoms with Gasteiger partial charge in [-0.1, -0.05) is 119 Å². The molecular weight excluding hydrogens is 528 g/mol. The van der Waals surface area contributed by atoms with Crippen LogP contribution in [0.1, 0.15) is 89.5 Å². The van der Waals surface area contributed by atoms with Gasteiger partial charge in [0.1, 0.15) is 11.5 Å². The molecule has 0 saturated heterocycles. The molecule has 0 bridgehead atoms. The lowest BCUT2D eigenvalue weighted by Crippen LogP contribution is -2.31. The summed E-state index contributed by atoms with van der Waals surface area (Å²) in [6.45, 7) is 3.51. The molecule has 0 atom stereocenters. The highest BCUT2D eigenvalue weighted by Crippen LogP contribution is 2.29. The summed E-state index contributed by atoms with van der Waals surface area (Å²) in [5, 5.41) is 5.47. The Bertz CT molecular complexity index is 1090. The van der Waals surface area contributed by atoms with Gasteiger partial charge in [-0.25, -0.2) is 0 Å². The van der Waals surface area contributed by atoms with Crippen molar-refractivity contribution in [3.05, 3.63) is 70.1 Å². The maximum Gasteiger partial charge on any atom is 0.262 e. The van der Waals surface area contributed by atoms with Gasteiger partial charge >= 0.3 is 0 Å². The summed E-state index contributed by atoms with van der Waals surface area (Å²) >= 11 is 8.04. The van der Waals surface area contributed by atoms with E-state index in [1.165, 1.54) is 70.6 Å². The number of benzene rings is 2.